The minimum absolute atomic E-state index is 0.217. The first-order chi connectivity index (χ1) is 9.13. The molecule has 19 heavy (non-hydrogen) atoms. The van der Waals surface area contributed by atoms with Gasteiger partial charge in [-0.05, 0) is 52.2 Å². The molecule has 0 bridgehead atoms. The molecule has 0 aliphatic rings. The Morgan fingerprint density at radius 2 is 2.11 bits per heavy atom. The predicted molar refractivity (Wildman–Crippen MR) is 84.2 cm³/mol. The lowest BCUT2D eigenvalue weighted by molar-refractivity contribution is 0.627. The molecule has 0 radical (unpaired) electrons. The number of anilines is 3. The largest absolute Gasteiger partial charge is 0.368 e. The maximum absolute atomic E-state index is 13.1. The van der Waals surface area contributed by atoms with Gasteiger partial charge < -0.3 is 11.1 Å². The number of thiophene rings is 1. The molecular weight excluding hydrogens is 378 g/mol. The van der Waals surface area contributed by atoms with Gasteiger partial charge in [-0.1, -0.05) is 0 Å². The van der Waals surface area contributed by atoms with E-state index in [0.29, 0.717) is 5.82 Å². The summed E-state index contributed by atoms with van der Waals surface area (Å²) in [6.07, 6.45) is 0. The quantitative estimate of drug-likeness (QED) is 0.659. The molecule has 2 aromatic heterocycles. The summed E-state index contributed by atoms with van der Waals surface area (Å²) in [5.41, 5.74) is 6.47. The molecule has 0 spiro atoms. The predicted octanol–water partition coefficient (Wildman–Crippen LogP) is 3.76. The highest BCUT2D eigenvalue weighted by molar-refractivity contribution is 14.1. The van der Waals surface area contributed by atoms with Gasteiger partial charge in [-0.25, -0.2) is 9.37 Å². The Hall–Kier alpha value is -1.48. The van der Waals surface area contributed by atoms with E-state index in [1.54, 1.807) is 6.07 Å². The molecule has 3 rings (SSSR count). The third-order valence-electron chi connectivity index (χ3n) is 2.53. The normalized spacial score (nSPS) is 10.8. The first-order valence-corrected chi connectivity index (χ1v) is 7.32. The number of fused-ring (bicyclic) bond motifs is 1. The van der Waals surface area contributed by atoms with Crippen LogP contribution in [0.3, 0.4) is 0 Å². The maximum Gasteiger partial charge on any atom is 0.223 e. The van der Waals surface area contributed by atoms with Crippen molar-refractivity contribution in [3.8, 4) is 0 Å². The Morgan fingerprint density at radius 1 is 1.26 bits per heavy atom. The van der Waals surface area contributed by atoms with Gasteiger partial charge in [0.05, 0.1) is 11.1 Å². The van der Waals surface area contributed by atoms with E-state index < -0.39 is 0 Å². The topological polar surface area (TPSA) is 63.8 Å². The van der Waals surface area contributed by atoms with Crippen LogP contribution in [0, 0.1) is 9.39 Å². The zero-order valence-corrected chi connectivity index (χ0v) is 12.5. The van der Waals surface area contributed by atoms with Crippen LogP contribution in [-0.4, -0.2) is 9.97 Å². The van der Waals surface area contributed by atoms with Crippen molar-refractivity contribution < 1.29 is 4.39 Å². The van der Waals surface area contributed by atoms with Gasteiger partial charge >= 0.3 is 0 Å². The first kappa shape index (κ1) is 12.5. The summed E-state index contributed by atoms with van der Waals surface area (Å²) in [6, 6.07) is 6.46. The number of nitrogens with two attached hydrogens (primary N) is 1. The Balaban J connectivity index is 2.07. The molecule has 4 nitrogen and oxygen atoms in total. The van der Waals surface area contributed by atoms with Gasteiger partial charge in [-0.2, -0.15) is 4.98 Å². The van der Waals surface area contributed by atoms with Crippen LogP contribution in [0.2, 0.25) is 0 Å². The highest BCUT2D eigenvalue weighted by Gasteiger charge is 2.09. The summed E-state index contributed by atoms with van der Waals surface area (Å²) in [5, 5.41) is 6.00. The van der Waals surface area contributed by atoms with E-state index in [1.807, 2.05) is 11.4 Å². The molecule has 0 fully saturated rings. The second-order valence-electron chi connectivity index (χ2n) is 3.82. The van der Waals surface area contributed by atoms with E-state index in [-0.39, 0.29) is 11.8 Å². The number of aromatic nitrogens is 2. The van der Waals surface area contributed by atoms with Crippen molar-refractivity contribution in [2.45, 2.75) is 0 Å². The average Bonchev–Trinajstić information content (AvgIpc) is 2.80. The van der Waals surface area contributed by atoms with Crippen LogP contribution in [0.5, 0.6) is 0 Å². The van der Waals surface area contributed by atoms with E-state index in [2.05, 4.69) is 37.9 Å². The average molecular weight is 386 g/mol. The van der Waals surface area contributed by atoms with E-state index >= 15 is 0 Å². The van der Waals surface area contributed by atoms with Crippen molar-refractivity contribution >= 4 is 61.6 Å². The summed E-state index contributed by atoms with van der Waals surface area (Å²) in [4.78, 5) is 9.18. The maximum atomic E-state index is 13.1. The lowest BCUT2D eigenvalue weighted by Crippen LogP contribution is -2.01. The number of nitrogens with one attached hydrogen (secondary N) is 1. The number of halogens is 2. The number of hydrogen-bond acceptors (Lipinski definition) is 5. The molecule has 0 aliphatic heterocycles. The van der Waals surface area contributed by atoms with Gasteiger partial charge in [-0.3, -0.25) is 0 Å². The van der Waals surface area contributed by atoms with Crippen molar-refractivity contribution in [1.82, 2.24) is 9.97 Å². The summed E-state index contributed by atoms with van der Waals surface area (Å²) >= 11 is 3.57. The highest BCUT2D eigenvalue weighted by atomic mass is 127. The van der Waals surface area contributed by atoms with Crippen LogP contribution < -0.4 is 11.1 Å². The van der Waals surface area contributed by atoms with Crippen LogP contribution in [0.1, 0.15) is 0 Å². The fraction of sp³-hybridized carbons (Fsp3) is 0. The lowest BCUT2D eigenvalue weighted by Gasteiger charge is -2.09. The Bertz CT molecular complexity index is 759. The van der Waals surface area contributed by atoms with Crippen LogP contribution in [0.25, 0.3) is 10.2 Å². The molecule has 3 aromatic rings. The van der Waals surface area contributed by atoms with Crippen molar-refractivity contribution in [2.75, 3.05) is 11.1 Å². The van der Waals surface area contributed by atoms with Crippen molar-refractivity contribution in [1.29, 1.82) is 0 Å². The highest BCUT2D eigenvalue weighted by Crippen LogP contribution is 2.29. The van der Waals surface area contributed by atoms with Gasteiger partial charge in [0, 0.05) is 3.57 Å². The number of rotatable bonds is 2. The number of nitrogens with zero attached hydrogens (tertiary/aromatic N) is 2. The molecule has 0 aliphatic carbocycles. The fourth-order valence-electron chi connectivity index (χ4n) is 1.69. The molecule has 0 saturated carbocycles. The minimum atomic E-state index is -0.266. The first-order valence-electron chi connectivity index (χ1n) is 5.36. The van der Waals surface area contributed by atoms with Gasteiger partial charge in [-0.15, -0.1) is 11.3 Å². The molecular formula is C12H8FIN4S. The van der Waals surface area contributed by atoms with Crippen LogP contribution in [0.15, 0.2) is 29.6 Å². The van der Waals surface area contributed by atoms with E-state index in [9.17, 15) is 4.39 Å². The number of benzene rings is 1. The molecule has 7 heteroatoms. The number of nitrogen functional groups attached to an aromatic ring is 1. The number of hydrogen-bond donors (Lipinski definition) is 2. The zero-order valence-electron chi connectivity index (χ0n) is 9.52. The zero-order chi connectivity index (χ0) is 13.4. The monoisotopic (exact) mass is 386 g/mol. The lowest BCUT2D eigenvalue weighted by atomic mass is 10.3. The minimum Gasteiger partial charge on any atom is -0.368 e. The van der Waals surface area contributed by atoms with Gasteiger partial charge in [0.2, 0.25) is 5.95 Å². The van der Waals surface area contributed by atoms with Gasteiger partial charge in [0.15, 0.2) is 0 Å². The second kappa shape index (κ2) is 4.89. The third-order valence-corrected chi connectivity index (χ3v) is 4.23. The van der Waals surface area contributed by atoms with E-state index in [0.717, 1.165) is 19.5 Å². The summed E-state index contributed by atoms with van der Waals surface area (Å²) in [6.45, 7) is 0. The SMILES string of the molecule is Nc1nc(Nc2ccc(F)cc2I)c2ccsc2n1. The molecule has 0 saturated heterocycles. The molecule has 0 unspecified atom stereocenters. The molecule has 2 heterocycles. The fourth-order valence-corrected chi connectivity index (χ4v) is 3.07. The second-order valence-corrected chi connectivity index (χ2v) is 5.88. The van der Waals surface area contributed by atoms with Crippen molar-refractivity contribution in [2.24, 2.45) is 0 Å². The molecule has 0 amide bonds. The Labute approximate surface area is 126 Å². The molecule has 1 aromatic carbocycles. The Morgan fingerprint density at radius 3 is 2.89 bits per heavy atom. The molecule has 96 valence electrons. The van der Waals surface area contributed by atoms with Crippen molar-refractivity contribution in [3.05, 3.63) is 39.0 Å². The summed E-state index contributed by atoms with van der Waals surface area (Å²) in [5.74, 6) is 0.584. The molecule has 3 N–H and O–H groups in total. The van der Waals surface area contributed by atoms with Crippen molar-refractivity contribution in [3.63, 3.8) is 0 Å². The summed E-state index contributed by atoms with van der Waals surface area (Å²) in [7, 11) is 0. The molecule has 0 atom stereocenters. The van der Waals surface area contributed by atoms with E-state index in [4.69, 9.17) is 5.73 Å². The summed E-state index contributed by atoms with van der Waals surface area (Å²) < 4.78 is 13.9. The standard InChI is InChI=1S/C12H8FIN4S/c13-6-1-2-9(8(14)5-6)16-10-7-3-4-19-11(7)18-12(15)17-10/h1-5H,(H3,15,16,17,18). The van der Waals surface area contributed by atoms with Crippen LogP contribution >= 0.6 is 33.9 Å². The van der Waals surface area contributed by atoms with Gasteiger partial charge in [0.25, 0.3) is 0 Å². The van der Waals surface area contributed by atoms with Crippen LogP contribution in [0.4, 0.5) is 21.8 Å². The third kappa shape index (κ3) is 2.47. The Kier molecular flexibility index (Phi) is 3.23. The van der Waals surface area contributed by atoms with E-state index in [1.165, 1.54) is 23.5 Å². The van der Waals surface area contributed by atoms with Crippen LogP contribution in [-0.2, 0) is 0 Å². The smallest absolute Gasteiger partial charge is 0.223 e. The van der Waals surface area contributed by atoms with Gasteiger partial charge in [0.1, 0.15) is 16.5 Å².